The monoisotopic (exact) mass is 235 g/mol. The van der Waals surface area contributed by atoms with Crippen molar-refractivity contribution in [1.29, 1.82) is 0 Å². The number of aryl methyl sites for hydroxylation is 2. The van der Waals surface area contributed by atoms with Crippen LogP contribution in [0.25, 0.3) is 10.9 Å². The van der Waals surface area contributed by atoms with Crippen molar-refractivity contribution >= 4 is 22.6 Å². The summed E-state index contributed by atoms with van der Waals surface area (Å²) in [4.78, 5) is 10.8. The minimum atomic E-state index is -1.16. The molecule has 0 bridgehead atoms. The summed E-state index contributed by atoms with van der Waals surface area (Å²) < 4.78 is 0. The first kappa shape index (κ1) is 12.9. The van der Waals surface area contributed by atoms with Crippen molar-refractivity contribution in [3.8, 4) is 0 Å². The summed E-state index contributed by atoms with van der Waals surface area (Å²) in [6.45, 7) is 3.90. The Morgan fingerprint density at radius 2 is 1.82 bits per heavy atom. The van der Waals surface area contributed by atoms with Gasteiger partial charge in [-0.2, -0.15) is 0 Å². The number of aromatic carboxylic acids is 1. The van der Waals surface area contributed by atoms with Crippen LogP contribution in [0.5, 0.6) is 0 Å². The van der Waals surface area contributed by atoms with E-state index in [0.29, 0.717) is 10.9 Å². The number of rotatable bonds is 1. The van der Waals surface area contributed by atoms with Gasteiger partial charge in [-0.3, -0.25) is 0 Å². The number of benzene rings is 1. The number of nitrogens with zero attached hydrogens (tertiary/aromatic N) is 2. The third-order valence-corrected chi connectivity index (χ3v) is 2.62. The van der Waals surface area contributed by atoms with Gasteiger partial charge < -0.3 is 16.3 Å². The highest BCUT2D eigenvalue weighted by Crippen LogP contribution is 2.24. The van der Waals surface area contributed by atoms with Gasteiger partial charge in [0.2, 0.25) is 0 Å². The van der Waals surface area contributed by atoms with Crippen LogP contribution in [0.4, 0.5) is 5.69 Å². The van der Waals surface area contributed by atoms with Gasteiger partial charge in [-0.25, -0.2) is 4.79 Å². The fourth-order valence-corrected chi connectivity index (χ4v) is 1.54. The van der Waals surface area contributed by atoms with E-state index in [1.54, 1.807) is 0 Å². The number of nitrogens with two attached hydrogens (primary N) is 1. The molecule has 0 atom stereocenters. The average Bonchev–Trinajstić information content (AvgIpc) is 2.21. The van der Waals surface area contributed by atoms with Crippen molar-refractivity contribution in [1.82, 2.24) is 10.2 Å². The molecule has 0 fully saturated rings. The molecule has 0 aliphatic rings. The lowest BCUT2D eigenvalue weighted by Crippen LogP contribution is -2.08. The number of anilines is 1. The van der Waals surface area contributed by atoms with Gasteiger partial charge in [0.05, 0.1) is 11.2 Å². The number of nitrogen functional groups attached to an aromatic ring is 1. The summed E-state index contributed by atoms with van der Waals surface area (Å²) in [5.41, 5.74) is 8.46. The van der Waals surface area contributed by atoms with Crippen molar-refractivity contribution in [2.75, 3.05) is 5.73 Å². The fourth-order valence-electron chi connectivity index (χ4n) is 1.54. The first-order valence-corrected chi connectivity index (χ1v) is 4.77. The van der Waals surface area contributed by atoms with Gasteiger partial charge in [0.1, 0.15) is 0 Å². The molecule has 0 spiro atoms. The van der Waals surface area contributed by atoms with E-state index >= 15 is 0 Å². The lowest BCUT2D eigenvalue weighted by atomic mass is 10.1. The van der Waals surface area contributed by atoms with Crippen LogP contribution in [-0.2, 0) is 0 Å². The summed E-state index contributed by atoms with van der Waals surface area (Å²) in [6, 6.07) is 3.68. The van der Waals surface area contributed by atoms with E-state index in [1.165, 1.54) is 0 Å². The van der Waals surface area contributed by atoms with Crippen LogP contribution >= 0.6 is 0 Å². The molecule has 0 aliphatic carbocycles. The zero-order valence-corrected chi connectivity index (χ0v) is 9.48. The van der Waals surface area contributed by atoms with Crippen molar-refractivity contribution < 1.29 is 15.4 Å². The lowest BCUT2D eigenvalue weighted by molar-refractivity contribution is 0.0691. The number of carbonyl (C=O) groups is 1. The smallest absolute Gasteiger partial charge is 0.358 e. The molecule has 0 saturated heterocycles. The Labute approximate surface area is 97.4 Å². The molecule has 2 rings (SSSR count). The summed E-state index contributed by atoms with van der Waals surface area (Å²) in [6.07, 6.45) is 0. The first-order chi connectivity index (χ1) is 7.50. The second kappa shape index (κ2) is 4.34. The molecule has 17 heavy (non-hydrogen) atoms. The topological polar surface area (TPSA) is 121 Å². The van der Waals surface area contributed by atoms with Crippen LogP contribution in [0.15, 0.2) is 12.1 Å². The molecular formula is C11H13N3O3. The van der Waals surface area contributed by atoms with Crippen LogP contribution in [0.1, 0.15) is 21.6 Å². The minimum absolute atomic E-state index is 0. The average molecular weight is 235 g/mol. The third kappa shape index (κ3) is 2.02. The molecule has 0 saturated carbocycles. The van der Waals surface area contributed by atoms with Gasteiger partial charge in [-0.05, 0) is 37.1 Å². The Bertz CT molecular complexity index is 596. The molecule has 0 amide bonds. The van der Waals surface area contributed by atoms with Crippen molar-refractivity contribution in [2.24, 2.45) is 0 Å². The maximum Gasteiger partial charge on any atom is 0.358 e. The second-order valence-electron chi connectivity index (χ2n) is 3.72. The van der Waals surface area contributed by atoms with E-state index in [2.05, 4.69) is 10.2 Å². The number of hydrogen-bond donors (Lipinski definition) is 2. The van der Waals surface area contributed by atoms with Gasteiger partial charge in [0, 0.05) is 5.39 Å². The van der Waals surface area contributed by atoms with E-state index in [9.17, 15) is 4.79 Å². The largest absolute Gasteiger partial charge is 0.476 e. The summed E-state index contributed by atoms with van der Waals surface area (Å²) in [7, 11) is 0. The van der Waals surface area contributed by atoms with Crippen molar-refractivity contribution in [3.05, 3.63) is 29.0 Å². The zero-order chi connectivity index (χ0) is 11.9. The van der Waals surface area contributed by atoms with Gasteiger partial charge in [-0.1, -0.05) is 0 Å². The van der Waals surface area contributed by atoms with E-state index in [4.69, 9.17) is 10.8 Å². The molecule has 6 heteroatoms. The number of aromatic nitrogens is 2. The Morgan fingerprint density at radius 1 is 1.24 bits per heavy atom. The SMILES string of the molecule is Cc1cc2nnc(C(=O)O)c(N)c2cc1C.O. The van der Waals surface area contributed by atoms with E-state index in [0.717, 1.165) is 11.1 Å². The van der Waals surface area contributed by atoms with E-state index in [-0.39, 0.29) is 16.9 Å². The normalized spacial score (nSPS) is 10.0. The van der Waals surface area contributed by atoms with Gasteiger partial charge in [0.15, 0.2) is 5.69 Å². The Balaban J connectivity index is 0.00000144. The predicted molar refractivity (Wildman–Crippen MR) is 64.0 cm³/mol. The van der Waals surface area contributed by atoms with Crippen LogP contribution in [0.2, 0.25) is 0 Å². The van der Waals surface area contributed by atoms with Gasteiger partial charge >= 0.3 is 5.97 Å². The highest BCUT2D eigenvalue weighted by Gasteiger charge is 2.14. The number of hydrogen-bond acceptors (Lipinski definition) is 4. The molecule has 0 radical (unpaired) electrons. The molecule has 6 nitrogen and oxygen atoms in total. The third-order valence-electron chi connectivity index (χ3n) is 2.62. The minimum Gasteiger partial charge on any atom is -0.476 e. The molecule has 90 valence electrons. The highest BCUT2D eigenvalue weighted by atomic mass is 16.4. The first-order valence-electron chi connectivity index (χ1n) is 4.77. The zero-order valence-electron chi connectivity index (χ0n) is 9.48. The second-order valence-corrected chi connectivity index (χ2v) is 3.72. The molecule has 1 aromatic carbocycles. The summed E-state index contributed by atoms with van der Waals surface area (Å²) >= 11 is 0. The molecule has 0 unspecified atom stereocenters. The highest BCUT2D eigenvalue weighted by molar-refractivity contribution is 6.01. The maximum absolute atomic E-state index is 10.8. The molecule has 0 aliphatic heterocycles. The summed E-state index contributed by atoms with van der Waals surface area (Å²) in [5, 5.41) is 17.0. The Morgan fingerprint density at radius 3 is 2.41 bits per heavy atom. The van der Waals surface area contributed by atoms with Gasteiger partial charge in [-0.15, -0.1) is 10.2 Å². The van der Waals surface area contributed by atoms with Gasteiger partial charge in [0.25, 0.3) is 0 Å². The molecular weight excluding hydrogens is 222 g/mol. The fraction of sp³-hybridized carbons (Fsp3) is 0.182. The Kier molecular flexibility index (Phi) is 3.28. The molecule has 2 aromatic rings. The number of carboxylic acids is 1. The van der Waals surface area contributed by atoms with E-state index in [1.807, 2.05) is 26.0 Å². The summed E-state index contributed by atoms with van der Waals surface area (Å²) in [5.74, 6) is -1.16. The maximum atomic E-state index is 10.8. The molecule has 1 aromatic heterocycles. The number of fused-ring (bicyclic) bond motifs is 1. The number of carboxylic acid groups (broad SMARTS) is 1. The van der Waals surface area contributed by atoms with Crippen LogP contribution in [0, 0.1) is 13.8 Å². The van der Waals surface area contributed by atoms with Crippen LogP contribution in [0.3, 0.4) is 0 Å². The van der Waals surface area contributed by atoms with Crippen molar-refractivity contribution in [3.63, 3.8) is 0 Å². The van der Waals surface area contributed by atoms with E-state index < -0.39 is 5.97 Å². The molecule has 5 N–H and O–H groups in total. The lowest BCUT2D eigenvalue weighted by Gasteiger charge is -2.06. The van der Waals surface area contributed by atoms with Crippen molar-refractivity contribution in [2.45, 2.75) is 13.8 Å². The Hall–Kier alpha value is -2.21. The van der Waals surface area contributed by atoms with Crippen LogP contribution in [-0.4, -0.2) is 26.7 Å². The quantitative estimate of drug-likeness (QED) is 0.753. The van der Waals surface area contributed by atoms with Crippen LogP contribution < -0.4 is 5.73 Å². The standard InChI is InChI=1S/C11H11N3O2.H2O/c1-5-3-7-8(4-6(5)2)13-14-10(9(7)12)11(15)16;/h3-4H,1-2H3,(H2,12,13)(H,15,16);1H2. The molecule has 1 heterocycles. The predicted octanol–water partition coefficient (Wildman–Crippen LogP) is 0.702.